The Kier molecular flexibility index (Phi) is 5.00. The Morgan fingerprint density at radius 2 is 1.09 bits per heavy atom. The molecule has 0 aliphatic heterocycles. The van der Waals surface area contributed by atoms with E-state index in [1.807, 2.05) is 72.8 Å². The normalized spacial score (nSPS) is 10.3. The molecule has 22 heavy (non-hydrogen) atoms. The largest absolute Gasteiger partial charge is 0.456 e. The molecule has 0 spiro atoms. The molecular formula is C18H12BrIO2. The third-order valence-corrected chi connectivity index (χ3v) is 4.43. The van der Waals surface area contributed by atoms with Crippen molar-refractivity contribution in [3.63, 3.8) is 0 Å². The van der Waals surface area contributed by atoms with Crippen molar-refractivity contribution in [1.82, 2.24) is 0 Å². The van der Waals surface area contributed by atoms with Crippen molar-refractivity contribution in [2.75, 3.05) is 0 Å². The molecule has 3 aromatic carbocycles. The summed E-state index contributed by atoms with van der Waals surface area (Å²) in [5.74, 6) is 3.10. The van der Waals surface area contributed by atoms with Gasteiger partial charge in [0.05, 0.1) is 3.57 Å². The van der Waals surface area contributed by atoms with Gasteiger partial charge in [-0.1, -0.05) is 52.3 Å². The number of ether oxygens (including phenoxy) is 2. The van der Waals surface area contributed by atoms with Gasteiger partial charge in [-0.15, -0.1) is 0 Å². The van der Waals surface area contributed by atoms with Crippen LogP contribution in [0.5, 0.6) is 23.0 Å². The second kappa shape index (κ2) is 7.15. The van der Waals surface area contributed by atoms with E-state index >= 15 is 0 Å². The Labute approximate surface area is 151 Å². The van der Waals surface area contributed by atoms with Gasteiger partial charge < -0.3 is 9.47 Å². The minimum Gasteiger partial charge on any atom is -0.456 e. The number of rotatable bonds is 4. The van der Waals surface area contributed by atoms with Gasteiger partial charge in [0.25, 0.3) is 0 Å². The molecule has 0 saturated carbocycles. The molecule has 0 bridgehead atoms. The van der Waals surface area contributed by atoms with Gasteiger partial charge in [-0.2, -0.15) is 0 Å². The van der Waals surface area contributed by atoms with E-state index in [4.69, 9.17) is 9.47 Å². The highest BCUT2D eigenvalue weighted by molar-refractivity contribution is 14.1. The van der Waals surface area contributed by atoms with Gasteiger partial charge in [-0.3, -0.25) is 0 Å². The fourth-order valence-corrected chi connectivity index (χ4v) is 2.87. The zero-order valence-electron chi connectivity index (χ0n) is 11.5. The predicted molar refractivity (Wildman–Crippen MR) is 99.9 cm³/mol. The molecule has 0 saturated heterocycles. The minimum atomic E-state index is 0.757. The standard InChI is InChI=1S/C18H12BrIO2/c19-13-11-16(21-14-7-3-1-4-8-14)18(20)17(12-13)22-15-9-5-2-6-10-15/h1-12H. The van der Waals surface area contributed by atoms with Gasteiger partial charge in [0.2, 0.25) is 0 Å². The molecule has 0 heterocycles. The van der Waals surface area contributed by atoms with Gasteiger partial charge in [0.1, 0.15) is 23.0 Å². The monoisotopic (exact) mass is 466 g/mol. The van der Waals surface area contributed by atoms with Crippen molar-refractivity contribution in [2.24, 2.45) is 0 Å². The lowest BCUT2D eigenvalue weighted by molar-refractivity contribution is 0.453. The average Bonchev–Trinajstić information content (AvgIpc) is 2.54. The van der Waals surface area contributed by atoms with E-state index in [1.54, 1.807) is 0 Å². The second-order valence-electron chi connectivity index (χ2n) is 4.55. The van der Waals surface area contributed by atoms with Crippen LogP contribution in [-0.4, -0.2) is 0 Å². The maximum atomic E-state index is 5.95. The lowest BCUT2D eigenvalue weighted by Gasteiger charge is -2.13. The van der Waals surface area contributed by atoms with Gasteiger partial charge in [0.15, 0.2) is 0 Å². The van der Waals surface area contributed by atoms with Crippen LogP contribution in [0.1, 0.15) is 0 Å². The quantitative estimate of drug-likeness (QED) is 0.401. The topological polar surface area (TPSA) is 18.5 Å². The van der Waals surface area contributed by atoms with Crippen LogP contribution in [0.15, 0.2) is 77.3 Å². The third kappa shape index (κ3) is 3.81. The highest BCUT2D eigenvalue weighted by Crippen LogP contribution is 2.38. The summed E-state index contributed by atoms with van der Waals surface area (Å²) < 4.78 is 13.7. The number of benzene rings is 3. The molecule has 2 nitrogen and oxygen atoms in total. The summed E-state index contributed by atoms with van der Waals surface area (Å²) in [7, 11) is 0. The Morgan fingerprint density at radius 1 is 0.682 bits per heavy atom. The van der Waals surface area contributed by atoms with Crippen molar-refractivity contribution in [2.45, 2.75) is 0 Å². The SMILES string of the molecule is Brc1cc(Oc2ccccc2)c(I)c(Oc2ccccc2)c1. The minimum absolute atomic E-state index is 0.757. The van der Waals surface area contributed by atoms with Crippen LogP contribution in [-0.2, 0) is 0 Å². The van der Waals surface area contributed by atoms with Crippen LogP contribution in [0, 0.1) is 3.57 Å². The van der Waals surface area contributed by atoms with E-state index in [2.05, 4.69) is 38.5 Å². The maximum Gasteiger partial charge on any atom is 0.145 e. The van der Waals surface area contributed by atoms with Crippen LogP contribution < -0.4 is 9.47 Å². The van der Waals surface area contributed by atoms with E-state index in [-0.39, 0.29) is 0 Å². The maximum absolute atomic E-state index is 5.95. The Hall–Kier alpha value is -1.53. The van der Waals surface area contributed by atoms with E-state index in [1.165, 1.54) is 0 Å². The van der Waals surface area contributed by atoms with E-state index in [0.717, 1.165) is 31.0 Å². The molecule has 0 aliphatic carbocycles. The van der Waals surface area contributed by atoms with Gasteiger partial charge in [-0.25, -0.2) is 0 Å². The molecule has 0 N–H and O–H groups in total. The van der Waals surface area contributed by atoms with Crippen LogP contribution in [0.25, 0.3) is 0 Å². The molecule has 0 atom stereocenters. The first kappa shape index (κ1) is 15.4. The highest BCUT2D eigenvalue weighted by atomic mass is 127. The van der Waals surface area contributed by atoms with Crippen molar-refractivity contribution >= 4 is 38.5 Å². The smallest absolute Gasteiger partial charge is 0.145 e. The summed E-state index contributed by atoms with van der Waals surface area (Å²) in [6.07, 6.45) is 0. The van der Waals surface area contributed by atoms with Crippen LogP contribution in [0.4, 0.5) is 0 Å². The summed E-state index contributed by atoms with van der Waals surface area (Å²) in [6, 6.07) is 23.3. The first-order valence-corrected chi connectivity index (χ1v) is 8.54. The first-order chi connectivity index (χ1) is 10.7. The Morgan fingerprint density at radius 3 is 1.50 bits per heavy atom. The van der Waals surface area contributed by atoms with Crippen LogP contribution >= 0.6 is 38.5 Å². The molecule has 0 aliphatic rings. The van der Waals surface area contributed by atoms with Crippen molar-refractivity contribution in [3.05, 3.63) is 80.8 Å². The van der Waals surface area contributed by atoms with Gasteiger partial charge >= 0.3 is 0 Å². The zero-order chi connectivity index (χ0) is 15.4. The number of hydrogen-bond donors (Lipinski definition) is 0. The van der Waals surface area contributed by atoms with Crippen LogP contribution in [0.2, 0.25) is 0 Å². The fourth-order valence-electron chi connectivity index (χ4n) is 1.92. The molecular weight excluding hydrogens is 455 g/mol. The molecule has 0 unspecified atom stereocenters. The van der Waals surface area contributed by atoms with E-state index < -0.39 is 0 Å². The number of halogens is 2. The van der Waals surface area contributed by atoms with Crippen molar-refractivity contribution in [1.29, 1.82) is 0 Å². The summed E-state index contributed by atoms with van der Waals surface area (Å²) in [4.78, 5) is 0. The third-order valence-electron chi connectivity index (χ3n) is 2.91. The summed E-state index contributed by atoms with van der Waals surface area (Å²) >= 11 is 5.75. The van der Waals surface area contributed by atoms with Crippen molar-refractivity contribution in [3.8, 4) is 23.0 Å². The average molecular weight is 467 g/mol. The first-order valence-electron chi connectivity index (χ1n) is 6.67. The zero-order valence-corrected chi connectivity index (χ0v) is 15.2. The number of hydrogen-bond acceptors (Lipinski definition) is 2. The Balaban J connectivity index is 1.92. The lowest BCUT2D eigenvalue weighted by Crippen LogP contribution is -1.92. The molecule has 3 rings (SSSR count). The van der Waals surface area contributed by atoms with Gasteiger partial charge in [-0.05, 0) is 59.0 Å². The highest BCUT2D eigenvalue weighted by Gasteiger charge is 2.12. The summed E-state index contributed by atoms with van der Waals surface area (Å²) in [5, 5.41) is 0. The number of para-hydroxylation sites is 2. The molecule has 0 amide bonds. The van der Waals surface area contributed by atoms with Crippen LogP contribution in [0.3, 0.4) is 0 Å². The Bertz CT molecular complexity index is 698. The van der Waals surface area contributed by atoms with Crippen molar-refractivity contribution < 1.29 is 9.47 Å². The predicted octanol–water partition coefficient (Wildman–Crippen LogP) is 6.64. The molecule has 3 aromatic rings. The molecule has 0 aromatic heterocycles. The molecule has 0 fully saturated rings. The summed E-state index contributed by atoms with van der Waals surface area (Å²) in [5.41, 5.74) is 0. The molecule has 4 heteroatoms. The lowest BCUT2D eigenvalue weighted by atomic mass is 10.3. The second-order valence-corrected chi connectivity index (χ2v) is 6.54. The molecule has 0 radical (unpaired) electrons. The summed E-state index contributed by atoms with van der Waals surface area (Å²) in [6.45, 7) is 0. The molecule has 110 valence electrons. The fraction of sp³-hybridized carbons (Fsp3) is 0. The van der Waals surface area contributed by atoms with E-state index in [9.17, 15) is 0 Å². The van der Waals surface area contributed by atoms with E-state index in [0.29, 0.717) is 0 Å². The van der Waals surface area contributed by atoms with Gasteiger partial charge in [0, 0.05) is 4.47 Å².